The van der Waals surface area contributed by atoms with E-state index in [2.05, 4.69) is 0 Å². The number of hydrogen-bond acceptors (Lipinski definition) is 5. The molecule has 0 saturated carbocycles. The molecule has 2 aromatic rings. The van der Waals surface area contributed by atoms with Gasteiger partial charge in [0.1, 0.15) is 11.3 Å². The average Bonchev–Trinajstić information content (AvgIpc) is 2.70. The van der Waals surface area contributed by atoms with Crippen LogP contribution in [0.25, 0.3) is 10.3 Å². The van der Waals surface area contributed by atoms with Gasteiger partial charge in [0.05, 0.1) is 11.3 Å². The van der Waals surface area contributed by atoms with E-state index in [9.17, 15) is 0 Å². The summed E-state index contributed by atoms with van der Waals surface area (Å²) >= 11 is 6.46. The molecule has 0 N–H and O–H groups in total. The van der Waals surface area contributed by atoms with Crippen LogP contribution in [0.5, 0.6) is 5.75 Å². The van der Waals surface area contributed by atoms with Crippen molar-refractivity contribution in [1.29, 1.82) is 0 Å². The Kier molecular flexibility index (Phi) is 3.13. The van der Waals surface area contributed by atoms with E-state index in [0.29, 0.717) is 4.02 Å². The van der Waals surface area contributed by atoms with Crippen molar-refractivity contribution in [2.75, 3.05) is 6.61 Å². The molecule has 5 heteroatoms. The van der Waals surface area contributed by atoms with Crippen LogP contribution in [-0.4, -0.2) is 12.9 Å². The van der Waals surface area contributed by atoms with Crippen molar-refractivity contribution in [2.45, 2.75) is 25.6 Å². The van der Waals surface area contributed by atoms with E-state index in [4.69, 9.17) is 26.1 Å². The first-order valence-electron chi connectivity index (χ1n) is 5.63. The van der Waals surface area contributed by atoms with Crippen LogP contribution in [0.3, 0.4) is 0 Å². The van der Waals surface area contributed by atoms with E-state index in [-0.39, 0.29) is 6.29 Å². The van der Waals surface area contributed by atoms with E-state index >= 15 is 0 Å². The molecule has 1 aromatic heterocycles. The van der Waals surface area contributed by atoms with Gasteiger partial charge in [0.2, 0.25) is 4.02 Å². The minimum Gasteiger partial charge on any atom is -0.465 e. The third-order valence-corrected chi connectivity index (χ3v) is 3.83. The minimum absolute atomic E-state index is 0.110. The van der Waals surface area contributed by atoms with E-state index in [1.165, 1.54) is 11.3 Å². The molecule has 90 valence electrons. The molecule has 0 radical (unpaired) electrons. The Labute approximate surface area is 108 Å². The van der Waals surface area contributed by atoms with Crippen molar-refractivity contribution < 1.29 is 13.9 Å². The first kappa shape index (κ1) is 11.2. The summed E-state index contributed by atoms with van der Waals surface area (Å²) in [6.45, 7) is 0.789. The lowest BCUT2D eigenvalue weighted by Gasteiger charge is -2.23. The van der Waals surface area contributed by atoms with Crippen molar-refractivity contribution in [3.8, 4) is 5.75 Å². The molecule has 1 aromatic carbocycles. The first-order chi connectivity index (χ1) is 8.31. The van der Waals surface area contributed by atoms with Gasteiger partial charge >= 0.3 is 0 Å². The van der Waals surface area contributed by atoms with Crippen LogP contribution in [0, 0.1) is 4.02 Å². The lowest BCUT2D eigenvalue weighted by atomic mass is 10.2. The summed E-state index contributed by atoms with van der Waals surface area (Å²) in [7, 11) is 0. The molecule has 0 spiro atoms. The molecule has 17 heavy (non-hydrogen) atoms. The van der Waals surface area contributed by atoms with Crippen LogP contribution in [0.4, 0.5) is 0 Å². The van der Waals surface area contributed by atoms with Crippen molar-refractivity contribution in [3.05, 3.63) is 22.2 Å². The highest BCUT2D eigenvalue weighted by molar-refractivity contribution is 7.73. The lowest BCUT2D eigenvalue weighted by Crippen LogP contribution is -2.24. The Balaban J connectivity index is 1.82. The normalized spacial score (nSPS) is 20.6. The fourth-order valence-corrected chi connectivity index (χ4v) is 2.94. The fourth-order valence-electron chi connectivity index (χ4n) is 1.88. The van der Waals surface area contributed by atoms with Gasteiger partial charge < -0.3 is 13.9 Å². The number of ether oxygens (including phenoxy) is 2. The van der Waals surface area contributed by atoms with Crippen LogP contribution in [-0.2, 0) is 4.74 Å². The van der Waals surface area contributed by atoms with Crippen molar-refractivity contribution in [2.24, 2.45) is 0 Å². The van der Waals surface area contributed by atoms with Gasteiger partial charge in [0, 0.05) is 12.5 Å². The second-order valence-electron chi connectivity index (χ2n) is 3.98. The average molecular weight is 268 g/mol. The highest BCUT2D eigenvalue weighted by Crippen LogP contribution is 2.28. The second-order valence-corrected chi connectivity index (χ2v) is 5.62. The van der Waals surface area contributed by atoms with Gasteiger partial charge in [-0.15, -0.1) is 0 Å². The molecule has 1 saturated heterocycles. The summed E-state index contributed by atoms with van der Waals surface area (Å²) < 4.78 is 18.2. The summed E-state index contributed by atoms with van der Waals surface area (Å²) in [6.07, 6.45) is 3.14. The van der Waals surface area contributed by atoms with Gasteiger partial charge in [0.15, 0.2) is 6.29 Å². The third kappa shape index (κ3) is 2.51. The number of hydrogen-bond donors (Lipinski definition) is 0. The molecule has 3 nitrogen and oxygen atoms in total. The quantitative estimate of drug-likeness (QED) is 0.766. The van der Waals surface area contributed by atoms with Gasteiger partial charge in [0.25, 0.3) is 0 Å². The zero-order valence-corrected chi connectivity index (χ0v) is 10.8. The van der Waals surface area contributed by atoms with E-state index in [0.717, 1.165) is 41.9 Å². The Morgan fingerprint density at radius 1 is 1.35 bits per heavy atom. The maximum absolute atomic E-state index is 5.78. The molecule has 1 atom stereocenters. The van der Waals surface area contributed by atoms with Crippen molar-refractivity contribution in [3.63, 3.8) is 0 Å². The third-order valence-electron chi connectivity index (χ3n) is 2.71. The standard InChI is InChI=1S/C12H12O3S2/c16-12-15-9-5-4-8(7-10(9)17-12)14-11-3-1-2-6-13-11/h4-5,7,11H,1-3,6H2/t11-/m1/s1. The van der Waals surface area contributed by atoms with E-state index in [1.807, 2.05) is 18.2 Å². The summed E-state index contributed by atoms with van der Waals surface area (Å²) in [6, 6.07) is 5.74. The monoisotopic (exact) mass is 268 g/mol. The maximum Gasteiger partial charge on any atom is 0.248 e. The van der Waals surface area contributed by atoms with Crippen LogP contribution in [0.15, 0.2) is 22.6 Å². The smallest absolute Gasteiger partial charge is 0.248 e. The van der Waals surface area contributed by atoms with Crippen LogP contribution in [0.1, 0.15) is 19.3 Å². The molecular weight excluding hydrogens is 256 g/mol. The van der Waals surface area contributed by atoms with Gasteiger partial charge in [-0.2, -0.15) is 0 Å². The predicted octanol–water partition coefficient (Wildman–Crippen LogP) is 4.13. The number of benzene rings is 1. The van der Waals surface area contributed by atoms with Gasteiger partial charge in [-0.3, -0.25) is 0 Å². The minimum atomic E-state index is -0.110. The Morgan fingerprint density at radius 2 is 2.29 bits per heavy atom. The summed E-state index contributed by atoms with van der Waals surface area (Å²) in [5, 5.41) is 0. The van der Waals surface area contributed by atoms with E-state index in [1.54, 1.807) is 0 Å². The molecule has 0 amide bonds. The number of rotatable bonds is 2. The topological polar surface area (TPSA) is 31.6 Å². The van der Waals surface area contributed by atoms with Crippen LogP contribution >= 0.6 is 23.6 Å². The molecule has 0 bridgehead atoms. The Bertz CT molecular complexity index is 566. The highest BCUT2D eigenvalue weighted by atomic mass is 32.1. The molecule has 1 aliphatic rings. The highest BCUT2D eigenvalue weighted by Gasteiger charge is 2.15. The second kappa shape index (κ2) is 4.76. The maximum atomic E-state index is 5.78. The van der Waals surface area contributed by atoms with Crippen molar-refractivity contribution >= 4 is 33.8 Å². The Hall–Kier alpha value is -0.910. The van der Waals surface area contributed by atoms with Crippen molar-refractivity contribution in [1.82, 2.24) is 0 Å². The molecule has 2 heterocycles. The molecule has 3 rings (SSSR count). The zero-order valence-electron chi connectivity index (χ0n) is 9.18. The zero-order chi connectivity index (χ0) is 11.7. The lowest BCUT2D eigenvalue weighted by molar-refractivity contribution is -0.105. The first-order valence-corrected chi connectivity index (χ1v) is 6.86. The molecule has 0 unspecified atom stereocenters. The van der Waals surface area contributed by atoms with Crippen LogP contribution in [0.2, 0.25) is 0 Å². The summed E-state index contributed by atoms with van der Waals surface area (Å²) in [4.78, 5) is 0. The molecule has 1 aliphatic heterocycles. The van der Waals surface area contributed by atoms with Gasteiger partial charge in [-0.1, -0.05) is 11.3 Å². The van der Waals surface area contributed by atoms with Crippen LogP contribution < -0.4 is 4.74 Å². The largest absolute Gasteiger partial charge is 0.465 e. The fraction of sp³-hybridized carbons (Fsp3) is 0.417. The Morgan fingerprint density at radius 3 is 3.12 bits per heavy atom. The molecule has 1 fully saturated rings. The SMILES string of the molecule is S=c1oc2ccc(O[C@@H]3CCCCO3)cc2s1. The summed E-state index contributed by atoms with van der Waals surface area (Å²) in [5.41, 5.74) is 0.817. The van der Waals surface area contributed by atoms with Gasteiger partial charge in [-0.25, -0.2) is 0 Å². The predicted molar refractivity (Wildman–Crippen MR) is 69.1 cm³/mol. The van der Waals surface area contributed by atoms with Gasteiger partial charge in [-0.05, 0) is 37.2 Å². The summed E-state index contributed by atoms with van der Waals surface area (Å²) in [5.74, 6) is 0.816. The molecule has 0 aliphatic carbocycles. The van der Waals surface area contributed by atoms with E-state index < -0.39 is 0 Å². The molecular formula is C12H12O3S2. The number of fused-ring (bicyclic) bond motifs is 1.